The number of hydrogen-bond acceptors (Lipinski definition) is 3. The Morgan fingerprint density at radius 2 is 1.56 bits per heavy atom. The predicted octanol–water partition coefficient (Wildman–Crippen LogP) is 7.86. The molecule has 0 saturated heterocycles. The first-order valence-corrected chi connectivity index (χ1v) is 12.1. The maximum absolute atomic E-state index is 6.22. The van der Waals surface area contributed by atoms with Crippen LogP contribution in [0.5, 0.6) is 11.5 Å². The van der Waals surface area contributed by atoms with Crippen molar-refractivity contribution < 1.29 is 14.2 Å². The van der Waals surface area contributed by atoms with Crippen LogP contribution < -0.4 is 9.47 Å². The second-order valence-corrected chi connectivity index (χ2v) is 10.6. The van der Waals surface area contributed by atoms with Crippen LogP contribution in [0, 0.1) is 25.2 Å². The van der Waals surface area contributed by atoms with E-state index in [0.717, 1.165) is 30.8 Å². The van der Waals surface area contributed by atoms with Gasteiger partial charge in [-0.15, -0.1) is 0 Å². The van der Waals surface area contributed by atoms with Crippen LogP contribution in [0.4, 0.5) is 0 Å². The van der Waals surface area contributed by atoms with E-state index in [4.69, 9.17) is 14.2 Å². The van der Waals surface area contributed by atoms with Gasteiger partial charge in [-0.05, 0) is 67.2 Å². The molecule has 178 valence electrons. The Labute approximate surface area is 196 Å². The van der Waals surface area contributed by atoms with Crippen molar-refractivity contribution in [3.8, 4) is 11.5 Å². The molecular weight excluding hydrogens is 396 g/mol. The van der Waals surface area contributed by atoms with Crippen molar-refractivity contribution in [3.63, 3.8) is 0 Å². The molecule has 0 N–H and O–H groups in total. The van der Waals surface area contributed by atoms with Gasteiger partial charge in [0, 0.05) is 6.42 Å². The quantitative estimate of drug-likeness (QED) is 0.333. The number of methoxy groups -OCH3 is 1. The van der Waals surface area contributed by atoms with Crippen molar-refractivity contribution >= 4 is 0 Å². The molecule has 3 heteroatoms. The number of aryl methyl sites for hydroxylation is 2. The molecule has 32 heavy (non-hydrogen) atoms. The lowest BCUT2D eigenvalue weighted by atomic mass is 9.76. The highest BCUT2D eigenvalue weighted by atomic mass is 16.7. The minimum absolute atomic E-state index is 0.272. The highest BCUT2D eigenvalue weighted by molar-refractivity contribution is 5.44. The van der Waals surface area contributed by atoms with Crippen molar-refractivity contribution in [1.29, 1.82) is 0 Å². The molecule has 0 aliphatic rings. The van der Waals surface area contributed by atoms with Gasteiger partial charge in [-0.3, -0.25) is 0 Å². The van der Waals surface area contributed by atoms with Crippen LogP contribution in [0.1, 0.15) is 82.6 Å². The van der Waals surface area contributed by atoms with Gasteiger partial charge in [0.05, 0.1) is 13.7 Å². The highest BCUT2D eigenvalue weighted by Gasteiger charge is 2.24. The Kier molecular flexibility index (Phi) is 9.64. The molecule has 0 aromatic heterocycles. The zero-order valence-electron chi connectivity index (χ0n) is 21.7. The molecule has 2 atom stereocenters. The van der Waals surface area contributed by atoms with Gasteiger partial charge in [0.1, 0.15) is 0 Å². The lowest BCUT2D eigenvalue weighted by molar-refractivity contribution is -0.0813. The third kappa shape index (κ3) is 8.16. The van der Waals surface area contributed by atoms with E-state index in [-0.39, 0.29) is 11.7 Å². The smallest absolute Gasteiger partial charge is 0.199 e. The molecule has 2 rings (SSSR count). The average Bonchev–Trinajstić information content (AvgIpc) is 2.70. The van der Waals surface area contributed by atoms with Gasteiger partial charge < -0.3 is 14.2 Å². The first-order valence-electron chi connectivity index (χ1n) is 12.1. The third-order valence-electron chi connectivity index (χ3n) is 5.82. The molecule has 0 amide bonds. The lowest BCUT2D eigenvalue weighted by Crippen LogP contribution is -2.21. The summed E-state index contributed by atoms with van der Waals surface area (Å²) < 4.78 is 18.0. The Balaban J connectivity index is 2.07. The molecule has 0 bridgehead atoms. The van der Waals surface area contributed by atoms with Crippen molar-refractivity contribution in [3.05, 3.63) is 58.7 Å². The minimum Gasteiger partial charge on any atom is -0.493 e. The molecule has 0 spiro atoms. The Morgan fingerprint density at radius 1 is 0.906 bits per heavy atom. The minimum atomic E-state index is -0.295. The normalized spacial score (nSPS) is 13.8. The SMILES string of the molecule is CCC(OCCc1cc(C)cc(C)c1)Oc1ccc(C(CC(C)(C)C)C(C)C)cc1OC. The van der Waals surface area contributed by atoms with Gasteiger partial charge in [-0.1, -0.05) is 76.9 Å². The number of ether oxygens (including phenoxy) is 3. The van der Waals surface area contributed by atoms with E-state index in [1.165, 1.54) is 22.3 Å². The molecule has 0 aliphatic heterocycles. The van der Waals surface area contributed by atoms with Crippen molar-refractivity contribution in [2.75, 3.05) is 13.7 Å². The summed E-state index contributed by atoms with van der Waals surface area (Å²) in [7, 11) is 1.71. The van der Waals surface area contributed by atoms with Gasteiger partial charge in [0.15, 0.2) is 17.8 Å². The van der Waals surface area contributed by atoms with Gasteiger partial charge in [-0.2, -0.15) is 0 Å². The molecule has 0 aliphatic carbocycles. The summed E-state index contributed by atoms with van der Waals surface area (Å²) in [4.78, 5) is 0. The van der Waals surface area contributed by atoms with Crippen molar-refractivity contribution in [2.45, 2.75) is 86.9 Å². The molecule has 0 fully saturated rings. The molecule has 2 unspecified atom stereocenters. The van der Waals surface area contributed by atoms with Gasteiger partial charge in [0.2, 0.25) is 0 Å². The summed E-state index contributed by atoms with van der Waals surface area (Å²) in [5, 5.41) is 0. The summed E-state index contributed by atoms with van der Waals surface area (Å²) in [5.41, 5.74) is 5.47. The van der Waals surface area contributed by atoms with Gasteiger partial charge >= 0.3 is 0 Å². The fourth-order valence-electron chi connectivity index (χ4n) is 4.31. The van der Waals surface area contributed by atoms with E-state index in [0.29, 0.717) is 18.4 Å². The van der Waals surface area contributed by atoms with E-state index in [1.807, 2.05) is 6.07 Å². The van der Waals surface area contributed by atoms with Crippen molar-refractivity contribution in [2.24, 2.45) is 11.3 Å². The maximum atomic E-state index is 6.22. The zero-order valence-corrected chi connectivity index (χ0v) is 21.7. The van der Waals surface area contributed by atoms with E-state index in [9.17, 15) is 0 Å². The number of hydrogen-bond donors (Lipinski definition) is 0. The summed E-state index contributed by atoms with van der Waals surface area (Å²) >= 11 is 0. The van der Waals surface area contributed by atoms with Crippen LogP contribution in [-0.2, 0) is 11.2 Å². The predicted molar refractivity (Wildman–Crippen MR) is 135 cm³/mol. The largest absolute Gasteiger partial charge is 0.493 e. The lowest BCUT2D eigenvalue weighted by Gasteiger charge is -2.30. The van der Waals surface area contributed by atoms with Crippen molar-refractivity contribution in [1.82, 2.24) is 0 Å². The van der Waals surface area contributed by atoms with E-state index in [2.05, 4.69) is 85.7 Å². The Hall–Kier alpha value is -2.00. The Bertz CT molecular complexity index is 828. The summed E-state index contributed by atoms with van der Waals surface area (Å²) in [6.45, 7) is 18.5. The van der Waals surface area contributed by atoms with Gasteiger partial charge in [0.25, 0.3) is 0 Å². The molecule has 0 heterocycles. The van der Waals surface area contributed by atoms with Crippen LogP contribution >= 0.6 is 0 Å². The zero-order chi connectivity index (χ0) is 23.9. The third-order valence-corrected chi connectivity index (χ3v) is 5.82. The second kappa shape index (κ2) is 11.7. The topological polar surface area (TPSA) is 27.7 Å². The second-order valence-electron chi connectivity index (χ2n) is 10.6. The van der Waals surface area contributed by atoms with E-state index < -0.39 is 0 Å². The number of benzene rings is 2. The van der Waals surface area contributed by atoms with Crippen LogP contribution in [0.25, 0.3) is 0 Å². The average molecular weight is 441 g/mol. The monoisotopic (exact) mass is 440 g/mol. The van der Waals surface area contributed by atoms with Crippen LogP contribution in [0.3, 0.4) is 0 Å². The van der Waals surface area contributed by atoms with Gasteiger partial charge in [-0.25, -0.2) is 0 Å². The first-order chi connectivity index (χ1) is 15.0. The summed E-state index contributed by atoms with van der Waals surface area (Å²) in [5.74, 6) is 2.56. The molecule has 2 aromatic carbocycles. The van der Waals surface area contributed by atoms with Crippen LogP contribution in [-0.4, -0.2) is 20.0 Å². The molecule has 0 radical (unpaired) electrons. The molecule has 3 nitrogen and oxygen atoms in total. The van der Waals surface area contributed by atoms with E-state index >= 15 is 0 Å². The Morgan fingerprint density at radius 3 is 2.09 bits per heavy atom. The van der Waals surface area contributed by atoms with Crippen LogP contribution in [0.15, 0.2) is 36.4 Å². The molecule has 2 aromatic rings. The summed E-state index contributed by atoms with van der Waals surface area (Å²) in [6, 6.07) is 13.0. The standard InChI is InChI=1S/C29H44O3/c1-10-28(31-14-13-23-16-21(4)15-22(5)17-23)32-26-12-11-24(18-27(26)30-9)25(20(2)3)19-29(6,7)8/h11-12,15-18,20,25,28H,10,13-14,19H2,1-9H3. The molecular formula is C29H44O3. The van der Waals surface area contributed by atoms with E-state index in [1.54, 1.807) is 7.11 Å². The summed E-state index contributed by atoms with van der Waals surface area (Å²) in [6.07, 6.45) is 2.49. The van der Waals surface area contributed by atoms with Crippen LogP contribution in [0.2, 0.25) is 0 Å². The number of rotatable bonds is 11. The fourth-order valence-corrected chi connectivity index (χ4v) is 4.31. The fraction of sp³-hybridized carbons (Fsp3) is 0.586. The maximum Gasteiger partial charge on any atom is 0.199 e. The highest BCUT2D eigenvalue weighted by Crippen LogP contribution is 2.40. The molecule has 0 saturated carbocycles. The first kappa shape index (κ1) is 26.3.